The van der Waals surface area contributed by atoms with E-state index in [9.17, 15) is 9.59 Å². The Morgan fingerprint density at radius 3 is 2.16 bits per heavy atom. The number of benzene rings is 2. The number of rotatable bonds is 4. The molecule has 0 fully saturated rings. The number of nitrogens with zero attached hydrogens (tertiary/aromatic N) is 1. The standard InChI is InChI=1S/C20H24N2O3/c1-20(2,3)25-19(24)21-17-12-10-16(11-13-17)18(23)22(4)14-15-8-6-5-7-9-15/h5-13H,14H2,1-4H3,(H,21,24). The predicted octanol–water partition coefficient (Wildman–Crippen LogP) is 4.31. The normalized spacial score (nSPS) is 10.9. The van der Waals surface area contributed by atoms with Crippen molar-refractivity contribution in [2.45, 2.75) is 32.9 Å². The van der Waals surface area contributed by atoms with Gasteiger partial charge in [-0.2, -0.15) is 0 Å². The molecule has 0 atom stereocenters. The third-order valence-electron chi connectivity index (χ3n) is 3.39. The molecule has 0 aromatic heterocycles. The van der Waals surface area contributed by atoms with E-state index in [-0.39, 0.29) is 5.91 Å². The van der Waals surface area contributed by atoms with Crippen molar-refractivity contribution in [3.8, 4) is 0 Å². The Morgan fingerprint density at radius 2 is 1.60 bits per heavy atom. The Balaban J connectivity index is 1.96. The first-order valence-corrected chi connectivity index (χ1v) is 8.14. The summed E-state index contributed by atoms with van der Waals surface area (Å²) in [6, 6.07) is 16.6. The average molecular weight is 340 g/mol. The quantitative estimate of drug-likeness (QED) is 0.902. The second-order valence-corrected chi connectivity index (χ2v) is 6.85. The Kier molecular flexibility index (Phi) is 5.80. The fourth-order valence-corrected chi connectivity index (χ4v) is 2.27. The number of carbonyl (C=O) groups is 2. The van der Waals surface area contributed by atoms with Crippen LogP contribution in [0.1, 0.15) is 36.7 Å². The SMILES string of the molecule is CN(Cc1ccccc1)C(=O)c1ccc(NC(=O)OC(C)(C)C)cc1. The fraction of sp³-hybridized carbons (Fsp3) is 0.300. The maximum absolute atomic E-state index is 12.5. The van der Waals surface area contributed by atoms with Gasteiger partial charge >= 0.3 is 6.09 Å². The van der Waals surface area contributed by atoms with Crippen molar-refractivity contribution in [1.82, 2.24) is 4.90 Å². The van der Waals surface area contributed by atoms with Gasteiger partial charge in [-0.1, -0.05) is 30.3 Å². The van der Waals surface area contributed by atoms with Crippen molar-refractivity contribution < 1.29 is 14.3 Å². The zero-order chi connectivity index (χ0) is 18.4. The van der Waals surface area contributed by atoms with Gasteiger partial charge in [0.1, 0.15) is 5.60 Å². The van der Waals surface area contributed by atoms with Crippen LogP contribution in [-0.2, 0) is 11.3 Å². The van der Waals surface area contributed by atoms with E-state index in [0.717, 1.165) is 5.56 Å². The van der Waals surface area contributed by atoms with E-state index < -0.39 is 11.7 Å². The van der Waals surface area contributed by atoms with E-state index >= 15 is 0 Å². The molecule has 0 radical (unpaired) electrons. The molecule has 5 nitrogen and oxygen atoms in total. The summed E-state index contributed by atoms with van der Waals surface area (Å²) >= 11 is 0. The van der Waals surface area contributed by atoms with Gasteiger partial charge in [0, 0.05) is 24.8 Å². The summed E-state index contributed by atoms with van der Waals surface area (Å²) in [6.45, 7) is 5.95. The third-order valence-corrected chi connectivity index (χ3v) is 3.39. The van der Waals surface area contributed by atoms with Gasteiger partial charge in [0.05, 0.1) is 0 Å². The maximum atomic E-state index is 12.5. The topological polar surface area (TPSA) is 58.6 Å². The van der Waals surface area contributed by atoms with Crippen LogP contribution < -0.4 is 5.32 Å². The lowest BCUT2D eigenvalue weighted by molar-refractivity contribution is 0.0635. The van der Waals surface area contributed by atoms with Crippen LogP contribution in [0.3, 0.4) is 0 Å². The lowest BCUT2D eigenvalue weighted by Crippen LogP contribution is -2.27. The van der Waals surface area contributed by atoms with Gasteiger partial charge in [-0.15, -0.1) is 0 Å². The van der Waals surface area contributed by atoms with Gasteiger partial charge in [-0.3, -0.25) is 10.1 Å². The highest BCUT2D eigenvalue weighted by Gasteiger charge is 2.16. The average Bonchev–Trinajstić information content (AvgIpc) is 2.54. The first-order valence-electron chi connectivity index (χ1n) is 8.14. The largest absolute Gasteiger partial charge is 0.444 e. The van der Waals surface area contributed by atoms with Crippen molar-refractivity contribution in [2.75, 3.05) is 12.4 Å². The molecule has 25 heavy (non-hydrogen) atoms. The summed E-state index contributed by atoms with van der Waals surface area (Å²) < 4.78 is 5.20. The third kappa shape index (κ3) is 5.95. The lowest BCUT2D eigenvalue weighted by atomic mass is 10.1. The van der Waals surface area contributed by atoms with Gasteiger partial charge in [0.2, 0.25) is 0 Å². The lowest BCUT2D eigenvalue weighted by Gasteiger charge is -2.20. The summed E-state index contributed by atoms with van der Waals surface area (Å²) in [7, 11) is 1.77. The van der Waals surface area contributed by atoms with Gasteiger partial charge in [-0.05, 0) is 50.6 Å². The molecule has 0 heterocycles. The molecule has 1 N–H and O–H groups in total. The van der Waals surface area contributed by atoms with E-state index in [1.165, 1.54) is 0 Å². The van der Waals surface area contributed by atoms with Crippen LogP contribution in [0.5, 0.6) is 0 Å². The minimum Gasteiger partial charge on any atom is -0.444 e. The van der Waals surface area contributed by atoms with E-state index in [1.807, 2.05) is 30.3 Å². The Bertz CT molecular complexity index is 719. The zero-order valence-corrected chi connectivity index (χ0v) is 15.1. The molecular formula is C20H24N2O3. The predicted molar refractivity (Wildman–Crippen MR) is 98.5 cm³/mol. The highest BCUT2D eigenvalue weighted by Crippen LogP contribution is 2.14. The molecule has 0 saturated heterocycles. The second kappa shape index (κ2) is 7.83. The molecule has 132 valence electrons. The van der Waals surface area contributed by atoms with Gasteiger partial charge in [0.15, 0.2) is 0 Å². The Labute approximate surface area is 148 Å². The van der Waals surface area contributed by atoms with Crippen LogP contribution in [-0.4, -0.2) is 29.5 Å². The van der Waals surface area contributed by atoms with Crippen LogP contribution in [0, 0.1) is 0 Å². The number of amides is 2. The number of ether oxygens (including phenoxy) is 1. The Morgan fingerprint density at radius 1 is 1.00 bits per heavy atom. The molecule has 0 aliphatic carbocycles. The fourth-order valence-electron chi connectivity index (χ4n) is 2.27. The molecule has 2 amide bonds. The first-order chi connectivity index (χ1) is 11.7. The van der Waals surface area contributed by atoms with E-state index in [2.05, 4.69) is 5.32 Å². The van der Waals surface area contributed by atoms with E-state index in [4.69, 9.17) is 4.74 Å². The second-order valence-electron chi connectivity index (χ2n) is 6.85. The minimum absolute atomic E-state index is 0.0762. The molecule has 0 spiro atoms. The molecule has 0 saturated carbocycles. The molecule has 2 aromatic rings. The maximum Gasteiger partial charge on any atom is 0.412 e. The molecule has 5 heteroatoms. The number of nitrogens with one attached hydrogen (secondary N) is 1. The summed E-state index contributed by atoms with van der Waals surface area (Å²) in [4.78, 5) is 25.9. The number of anilines is 1. The molecule has 0 bridgehead atoms. The monoisotopic (exact) mass is 340 g/mol. The van der Waals surface area contributed by atoms with Crippen LogP contribution in [0.15, 0.2) is 54.6 Å². The number of hydrogen-bond donors (Lipinski definition) is 1. The van der Waals surface area contributed by atoms with Crippen LogP contribution in [0.2, 0.25) is 0 Å². The Hall–Kier alpha value is -2.82. The molecule has 0 aliphatic heterocycles. The number of hydrogen-bond acceptors (Lipinski definition) is 3. The molecule has 2 rings (SSSR count). The zero-order valence-electron chi connectivity index (χ0n) is 15.1. The highest BCUT2D eigenvalue weighted by molar-refractivity contribution is 5.95. The van der Waals surface area contributed by atoms with Crippen LogP contribution in [0.4, 0.5) is 10.5 Å². The summed E-state index contributed by atoms with van der Waals surface area (Å²) in [5, 5.41) is 2.65. The van der Waals surface area contributed by atoms with Crippen molar-refractivity contribution in [2.24, 2.45) is 0 Å². The summed E-state index contributed by atoms with van der Waals surface area (Å²) in [6.07, 6.45) is -0.521. The molecular weight excluding hydrogens is 316 g/mol. The summed E-state index contributed by atoms with van der Waals surface area (Å²) in [5.41, 5.74) is 1.66. The smallest absolute Gasteiger partial charge is 0.412 e. The van der Waals surface area contributed by atoms with E-state index in [1.54, 1.807) is 57.0 Å². The van der Waals surface area contributed by atoms with Gasteiger partial charge in [0.25, 0.3) is 5.91 Å². The molecule has 2 aromatic carbocycles. The number of carbonyl (C=O) groups excluding carboxylic acids is 2. The van der Waals surface area contributed by atoms with Crippen LogP contribution >= 0.6 is 0 Å². The van der Waals surface area contributed by atoms with Gasteiger partial charge in [-0.25, -0.2) is 4.79 Å². The van der Waals surface area contributed by atoms with Gasteiger partial charge < -0.3 is 9.64 Å². The van der Waals surface area contributed by atoms with Crippen molar-refractivity contribution >= 4 is 17.7 Å². The van der Waals surface area contributed by atoms with Crippen molar-refractivity contribution in [3.05, 3.63) is 65.7 Å². The molecule has 0 aliphatic rings. The molecule has 0 unspecified atom stereocenters. The summed E-state index contributed by atoms with van der Waals surface area (Å²) in [5.74, 6) is -0.0762. The highest BCUT2D eigenvalue weighted by atomic mass is 16.6. The van der Waals surface area contributed by atoms with Crippen LogP contribution in [0.25, 0.3) is 0 Å². The minimum atomic E-state index is -0.555. The van der Waals surface area contributed by atoms with Crippen molar-refractivity contribution in [1.29, 1.82) is 0 Å². The van der Waals surface area contributed by atoms with E-state index in [0.29, 0.717) is 17.8 Å². The first kappa shape index (κ1) is 18.5. The van der Waals surface area contributed by atoms with Crippen molar-refractivity contribution in [3.63, 3.8) is 0 Å².